The minimum Gasteiger partial charge on any atom is -0.348 e. The zero-order valence-corrected chi connectivity index (χ0v) is 19.7. The molecule has 4 nitrogen and oxygen atoms in total. The summed E-state index contributed by atoms with van der Waals surface area (Å²) in [7, 11) is 0. The molecule has 37 heavy (non-hydrogen) atoms. The highest BCUT2D eigenvalue weighted by Crippen LogP contribution is 2.36. The van der Waals surface area contributed by atoms with Gasteiger partial charge in [0.15, 0.2) is 23.7 Å². The zero-order chi connectivity index (χ0) is 26.7. The summed E-state index contributed by atoms with van der Waals surface area (Å²) in [6.07, 6.45) is 0.216. The maximum Gasteiger partial charge on any atom is 0.194 e. The van der Waals surface area contributed by atoms with E-state index in [0.29, 0.717) is 25.3 Å². The highest BCUT2D eigenvalue weighted by molar-refractivity contribution is 5.65. The first kappa shape index (κ1) is 27.1. The second-order valence-corrected chi connectivity index (χ2v) is 8.88. The van der Waals surface area contributed by atoms with Gasteiger partial charge in [0.05, 0.1) is 18.8 Å². The van der Waals surface area contributed by atoms with E-state index >= 15 is 8.78 Å². The molecule has 0 radical (unpaired) electrons. The fourth-order valence-corrected chi connectivity index (χ4v) is 4.31. The van der Waals surface area contributed by atoms with Crippen LogP contribution in [0.2, 0.25) is 0 Å². The molecule has 1 unspecified atom stereocenters. The second-order valence-electron chi connectivity index (χ2n) is 8.88. The van der Waals surface area contributed by atoms with E-state index in [0.717, 1.165) is 49.6 Å². The van der Waals surface area contributed by atoms with E-state index < -0.39 is 52.9 Å². The summed E-state index contributed by atoms with van der Waals surface area (Å²) >= 11 is 0. The smallest absolute Gasteiger partial charge is 0.194 e. The lowest BCUT2D eigenvalue weighted by Crippen LogP contribution is -2.27. The average molecular weight is 526 g/mol. The SMILES string of the molecule is CCCCC1COC(c2cc(F)c(C(OO)c3ccc(-c4cc(F)c(F)c(F)c4)c(F)c3)c(F)c2)OC1. The van der Waals surface area contributed by atoms with E-state index in [1.54, 1.807) is 0 Å². The molecule has 0 aliphatic carbocycles. The lowest BCUT2D eigenvalue weighted by molar-refractivity contribution is -0.271. The van der Waals surface area contributed by atoms with E-state index in [-0.39, 0.29) is 28.2 Å². The molecule has 0 aromatic heterocycles. The van der Waals surface area contributed by atoms with Crippen LogP contribution in [0.5, 0.6) is 0 Å². The zero-order valence-electron chi connectivity index (χ0n) is 19.7. The maximum absolute atomic E-state index is 15.0. The third kappa shape index (κ3) is 5.82. The number of halogens is 6. The number of hydrogen-bond donors (Lipinski definition) is 1. The predicted octanol–water partition coefficient (Wildman–Crippen LogP) is 7.62. The number of unbranched alkanes of at least 4 members (excludes halogenated alkanes) is 1. The topological polar surface area (TPSA) is 47.9 Å². The minimum atomic E-state index is -1.77. The molecule has 0 saturated carbocycles. The van der Waals surface area contributed by atoms with Crippen molar-refractivity contribution in [2.24, 2.45) is 5.92 Å². The number of rotatable bonds is 8. The van der Waals surface area contributed by atoms with E-state index in [2.05, 4.69) is 11.8 Å². The van der Waals surface area contributed by atoms with Crippen LogP contribution in [0.15, 0.2) is 42.5 Å². The van der Waals surface area contributed by atoms with Gasteiger partial charge in [-0.3, -0.25) is 5.26 Å². The monoisotopic (exact) mass is 526 g/mol. The molecule has 0 amide bonds. The maximum atomic E-state index is 15.0. The van der Waals surface area contributed by atoms with Gasteiger partial charge in [-0.15, -0.1) is 0 Å². The molecule has 0 bridgehead atoms. The van der Waals surface area contributed by atoms with Crippen molar-refractivity contribution in [1.29, 1.82) is 0 Å². The van der Waals surface area contributed by atoms with Gasteiger partial charge >= 0.3 is 0 Å². The summed E-state index contributed by atoms with van der Waals surface area (Å²) in [6, 6.07) is 6.17. The van der Waals surface area contributed by atoms with Gasteiger partial charge in [0, 0.05) is 17.0 Å². The lowest BCUT2D eigenvalue weighted by atomic mass is 9.95. The Morgan fingerprint density at radius 3 is 2.03 bits per heavy atom. The Balaban J connectivity index is 1.58. The molecule has 1 saturated heterocycles. The van der Waals surface area contributed by atoms with Crippen LogP contribution in [0, 0.1) is 40.8 Å². The van der Waals surface area contributed by atoms with Crippen LogP contribution in [-0.2, 0) is 14.4 Å². The summed E-state index contributed by atoms with van der Waals surface area (Å²) in [5.74, 6) is -7.78. The van der Waals surface area contributed by atoms with Crippen LogP contribution in [0.4, 0.5) is 26.3 Å². The van der Waals surface area contributed by atoms with Gasteiger partial charge in [-0.2, -0.15) is 0 Å². The van der Waals surface area contributed by atoms with Crippen molar-refractivity contribution in [2.75, 3.05) is 13.2 Å². The van der Waals surface area contributed by atoms with Crippen LogP contribution < -0.4 is 0 Å². The van der Waals surface area contributed by atoms with E-state index in [4.69, 9.17) is 9.47 Å². The molecule has 3 aromatic carbocycles. The van der Waals surface area contributed by atoms with E-state index in [9.17, 15) is 22.8 Å². The van der Waals surface area contributed by atoms with E-state index in [1.807, 2.05) is 0 Å². The highest BCUT2D eigenvalue weighted by atomic mass is 19.2. The molecule has 10 heteroatoms. The van der Waals surface area contributed by atoms with Gasteiger partial charge in [-0.05, 0) is 47.9 Å². The molecule has 1 heterocycles. The minimum absolute atomic E-state index is 0.0891. The Kier molecular flexibility index (Phi) is 8.53. The molecule has 3 aromatic rings. The molecule has 198 valence electrons. The van der Waals surface area contributed by atoms with Crippen molar-refractivity contribution >= 4 is 0 Å². The van der Waals surface area contributed by atoms with Crippen molar-refractivity contribution < 1.29 is 46.0 Å². The molecule has 1 aliphatic heterocycles. The first-order chi connectivity index (χ1) is 17.7. The summed E-state index contributed by atoms with van der Waals surface area (Å²) in [5.41, 5.74) is -1.41. The van der Waals surface area contributed by atoms with Crippen LogP contribution in [0.3, 0.4) is 0 Å². The van der Waals surface area contributed by atoms with Crippen molar-refractivity contribution in [2.45, 2.75) is 38.6 Å². The molecule has 1 aliphatic rings. The van der Waals surface area contributed by atoms with Crippen LogP contribution in [0.25, 0.3) is 11.1 Å². The molecule has 1 N–H and O–H groups in total. The van der Waals surface area contributed by atoms with Crippen LogP contribution in [0.1, 0.15) is 55.3 Å². The second kappa shape index (κ2) is 11.6. The van der Waals surface area contributed by atoms with Crippen LogP contribution in [-0.4, -0.2) is 18.5 Å². The number of hydrogen-bond acceptors (Lipinski definition) is 4. The molecule has 0 spiro atoms. The number of benzene rings is 3. The van der Waals surface area contributed by atoms with Crippen molar-refractivity contribution in [1.82, 2.24) is 0 Å². The van der Waals surface area contributed by atoms with Gasteiger partial charge in [0.1, 0.15) is 23.6 Å². The Morgan fingerprint density at radius 2 is 1.49 bits per heavy atom. The predicted molar refractivity (Wildman–Crippen MR) is 121 cm³/mol. The summed E-state index contributed by atoms with van der Waals surface area (Å²) < 4.78 is 96.6. The van der Waals surface area contributed by atoms with Gasteiger partial charge < -0.3 is 9.47 Å². The number of ether oxygens (including phenoxy) is 2. The third-order valence-corrected chi connectivity index (χ3v) is 6.26. The third-order valence-electron chi connectivity index (χ3n) is 6.26. The fourth-order valence-electron chi connectivity index (χ4n) is 4.31. The molecule has 1 fully saturated rings. The lowest BCUT2D eigenvalue weighted by Gasteiger charge is -2.30. The largest absolute Gasteiger partial charge is 0.348 e. The quantitative estimate of drug-likeness (QED) is 0.142. The average Bonchev–Trinajstić information content (AvgIpc) is 2.88. The van der Waals surface area contributed by atoms with Gasteiger partial charge in [0.2, 0.25) is 0 Å². The Morgan fingerprint density at radius 1 is 0.865 bits per heavy atom. The summed E-state index contributed by atoms with van der Waals surface area (Å²) in [6.45, 7) is 2.83. The fraction of sp³-hybridized carbons (Fsp3) is 0.333. The normalized spacial score (nSPS) is 18.7. The molecular weight excluding hydrogens is 502 g/mol. The molecular formula is C27H24F6O4. The van der Waals surface area contributed by atoms with Gasteiger partial charge in [-0.1, -0.05) is 31.9 Å². The van der Waals surface area contributed by atoms with E-state index in [1.165, 1.54) is 0 Å². The summed E-state index contributed by atoms with van der Waals surface area (Å²) in [5, 5.41) is 9.43. The Hall–Kier alpha value is -2.92. The van der Waals surface area contributed by atoms with Gasteiger partial charge in [0.25, 0.3) is 0 Å². The standard InChI is InChI=1S/C27H24F6O4/c1-2-3-4-14-12-35-27(36-13-14)17-10-20(29)24(21(30)11-17)26(37-34)15-5-6-18(19(28)7-15)16-8-22(31)25(33)23(32)9-16/h5-11,14,26-27,34H,2-4,12-13H2,1H3. The first-order valence-corrected chi connectivity index (χ1v) is 11.7. The molecule has 1 atom stereocenters. The van der Waals surface area contributed by atoms with Crippen molar-refractivity contribution in [3.05, 3.63) is 94.1 Å². The van der Waals surface area contributed by atoms with Gasteiger partial charge in [-0.25, -0.2) is 31.2 Å². The highest BCUT2D eigenvalue weighted by Gasteiger charge is 2.29. The first-order valence-electron chi connectivity index (χ1n) is 11.7. The Bertz CT molecular complexity index is 1210. The van der Waals surface area contributed by atoms with Crippen LogP contribution >= 0.6 is 0 Å². The summed E-state index contributed by atoms with van der Waals surface area (Å²) in [4.78, 5) is 4.30. The van der Waals surface area contributed by atoms with Crippen molar-refractivity contribution in [3.63, 3.8) is 0 Å². The Labute approximate surface area is 209 Å². The van der Waals surface area contributed by atoms with Crippen molar-refractivity contribution in [3.8, 4) is 11.1 Å². The molecule has 4 rings (SSSR count).